The molecule has 3 rings (SSSR count). The summed E-state index contributed by atoms with van der Waals surface area (Å²) in [5, 5.41) is 10.7. The van der Waals surface area contributed by atoms with Gasteiger partial charge in [-0.1, -0.05) is 0 Å². The second kappa shape index (κ2) is 4.45. The van der Waals surface area contributed by atoms with E-state index in [1.54, 1.807) is 0 Å². The normalized spacial score (nSPS) is 15.0. The van der Waals surface area contributed by atoms with Crippen LogP contribution in [0.5, 0.6) is 0 Å². The molecule has 0 aliphatic heterocycles. The van der Waals surface area contributed by atoms with Crippen molar-refractivity contribution in [3.8, 4) is 11.5 Å². The number of aromatic nitrogens is 2. The smallest absolute Gasteiger partial charge is 0.250 e. The quantitative estimate of drug-likeness (QED) is 0.905. The monoisotopic (exact) mass is 251 g/mol. The Kier molecular flexibility index (Phi) is 2.79. The van der Waals surface area contributed by atoms with E-state index in [1.807, 2.05) is 0 Å². The molecule has 1 aromatic heterocycles. The van der Waals surface area contributed by atoms with Crippen LogP contribution in [0.1, 0.15) is 18.7 Å². The Hall–Kier alpha value is -1.82. The topological polar surface area (TPSA) is 51.0 Å². The first kappa shape index (κ1) is 11.3. The van der Waals surface area contributed by atoms with Crippen molar-refractivity contribution < 1.29 is 13.2 Å². The van der Waals surface area contributed by atoms with E-state index < -0.39 is 11.6 Å². The fourth-order valence-corrected chi connectivity index (χ4v) is 1.61. The highest BCUT2D eigenvalue weighted by molar-refractivity contribution is 5.53. The number of rotatable bonds is 4. The Morgan fingerprint density at radius 2 is 2.11 bits per heavy atom. The number of nitrogens with zero attached hydrogens (tertiary/aromatic N) is 2. The molecule has 6 heteroatoms. The molecule has 1 heterocycles. The van der Waals surface area contributed by atoms with Gasteiger partial charge >= 0.3 is 0 Å². The zero-order valence-electron chi connectivity index (χ0n) is 9.49. The Bertz CT molecular complexity index is 566. The molecule has 4 nitrogen and oxygen atoms in total. The molecule has 0 amide bonds. The van der Waals surface area contributed by atoms with Crippen molar-refractivity contribution in [3.05, 3.63) is 35.7 Å². The predicted octanol–water partition coefficient (Wildman–Crippen LogP) is 2.27. The van der Waals surface area contributed by atoms with E-state index in [0.29, 0.717) is 18.5 Å². The summed E-state index contributed by atoms with van der Waals surface area (Å²) in [4.78, 5) is 0. The Morgan fingerprint density at radius 3 is 2.89 bits per heavy atom. The molecule has 0 atom stereocenters. The highest BCUT2D eigenvalue weighted by Gasteiger charge is 2.21. The first-order valence-corrected chi connectivity index (χ1v) is 5.73. The number of nitrogens with one attached hydrogen (secondary N) is 1. The fourth-order valence-electron chi connectivity index (χ4n) is 1.61. The molecule has 94 valence electrons. The largest absolute Gasteiger partial charge is 0.419 e. The van der Waals surface area contributed by atoms with E-state index in [9.17, 15) is 8.78 Å². The summed E-state index contributed by atoms with van der Waals surface area (Å²) in [6.07, 6.45) is 2.30. The summed E-state index contributed by atoms with van der Waals surface area (Å²) in [6.45, 7) is 0.453. The van der Waals surface area contributed by atoms with Gasteiger partial charge in [-0.2, -0.15) is 0 Å². The first-order valence-electron chi connectivity index (χ1n) is 5.73. The molecule has 0 spiro atoms. The molecule has 0 bridgehead atoms. The van der Waals surface area contributed by atoms with Crippen molar-refractivity contribution in [1.82, 2.24) is 15.5 Å². The van der Waals surface area contributed by atoms with Crippen LogP contribution in [-0.2, 0) is 6.54 Å². The molecule has 2 aromatic rings. The standard InChI is InChI=1S/C12H11F2N3O/c13-7-1-4-10(14)9(5-7)12-17-16-11(18-12)6-15-8-2-3-8/h1,4-5,8,15H,2-3,6H2. The average molecular weight is 251 g/mol. The lowest BCUT2D eigenvalue weighted by Crippen LogP contribution is -2.15. The zero-order chi connectivity index (χ0) is 12.5. The molecular weight excluding hydrogens is 240 g/mol. The van der Waals surface area contributed by atoms with Crippen molar-refractivity contribution in [2.24, 2.45) is 0 Å². The molecule has 0 unspecified atom stereocenters. The molecular formula is C12H11F2N3O. The number of hydrogen-bond acceptors (Lipinski definition) is 4. The van der Waals surface area contributed by atoms with Crippen LogP contribution in [0.2, 0.25) is 0 Å². The van der Waals surface area contributed by atoms with Gasteiger partial charge in [-0.15, -0.1) is 10.2 Å². The summed E-state index contributed by atoms with van der Waals surface area (Å²) < 4.78 is 31.8. The third-order valence-electron chi connectivity index (χ3n) is 2.74. The highest BCUT2D eigenvalue weighted by atomic mass is 19.1. The lowest BCUT2D eigenvalue weighted by atomic mass is 10.2. The molecule has 0 saturated heterocycles. The third-order valence-corrected chi connectivity index (χ3v) is 2.74. The first-order chi connectivity index (χ1) is 8.72. The van der Waals surface area contributed by atoms with Gasteiger partial charge in [-0.3, -0.25) is 0 Å². The van der Waals surface area contributed by atoms with Gasteiger partial charge in [-0.25, -0.2) is 8.78 Å². The van der Waals surface area contributed by atoms with Crippen LogP contribution in [0, 0.1) is 11.6 Å². The Labute approximate surface area is 102 Å². The van der Waals surface area contributed by atoms with Crippen LogP contribution in [0.25, 0.3) is 11.5 Å². The number of hydrogen-bond donors (Lipinski definition) is 1. The summed E-state index contributed by atoms with van der Waals surface area (Å²) in [5.74, 6) is -0.746. The minimum absolute atomic E-state index is 0.000373. The van der Waals surface area contributed by atoms with Gasteiger partial charge < -0.3 is 9.73 Å². The molecule has 0 radical (unpaired) electrons. The van der Waals surface area contributed by atoms with Gasteiger partial charge in [-0.05, 0) is 31.0 Å². The van der Waals surface area contributed by atoms with Crippen molar-refractivity contribution >= 4 is 0 Å². The van der Waals surface area contributed by atoms with Crippen LogP contribution >= 0.6 is 0 Å². The lowest BCUT2D eigenvalue weighted by molar-refractivity contribution is 0.473. The van der Waals surface area contributed by atoms with E-state index in [1.165, 1.54) is 0 Å². The maximum atomic E-state index is 13.5. The van der Waals surface area contributed by atoms with Gasteiger partial charge in [0, 0.05) is 6.04 Å². The van der Waals surface area contributed by atoms with Gasteiger partial charge in [0.1, 0.15) is 11.6 Å². The summed E-state index contributed by atoms with van der Waals surface area (Å²) in [7, 11) is 0. The summed E-state index contributed by atoms with van der Waals surface area (Å²) >= 11 is 0. The molecule has 18 heavy (non-hydrogen) atoms. The van der Waals surface area contributed by atoms with Crippen LogP contribution in [-0.4, -0.2) is 16.2 Å². The SMILES string of the molecule is Fc1ccc(F)c(-c2nnc(CNC3CC3)o2)c1. The highest BCUT2D eigenvalue weighted by Crippen LogP contribution is 2.23. The second-order valence-electron chi connectivity index (χ2n) is 4.28. The maximum absolute atomic E-state index is 13.5. The Morgan fingerprint density at radius 1 is 1.28 bits per heavy atom. The number of halogens is 2. The molecule has 1 saturated carbocycles. The van der Waals surface area contributed by atoms with E-state index in [2.05, 4.69) is 15.5 Å². The van der Waals surface area contributed by atoms with Crippen molar-refractivity contribution in [2.75, 3.05) is 0 Å². The van der Waals surface area contributed by atoms with Gasteiger partial charge in [0.15, 0.2) is 0 Å². The van der Waals surface area contributed by atoms with Crippen molar-refractivity contribution in [2.45, 2.75) is 25.4 Å². The minimum atomic E-state index is -0.582. The zero-order valence-corrected chi connectivity index (χ0v) is 9.49. The molecule has 1 N–H and O–H groups in total. The minimum Gasteiger partial charge on any atom is -0.419 e. The maximum Gasteiger partial charge on any atom is 0.250 e. The van der Waals surface area contributed by atoms with Gasteiger partial charge in [0.2, 0.25) is 5.89 Å². The fraction of sp³-hybridized carbons (Fsp3) is 0.333. The van der Waals surface area contributed by atoms with E-state index in [4.69, 9.17) is 4.42 Å². The van der Waals surface area contributed by atoms with Crippen molar-refractivity contribution in [3.63, 3.8) is 0 Å². The lowest BCUT2D eigenvalue weighted by Gasteiger charge is -1.98. The molecule has 1 aliphatic rings. The van der Waals surface area contributed by atoms with Crippen LogP contribution in [0.3, 0.4) is 0 Å². The molecule has 1 aliphatic carbocycles. The van der Waals surface area contributed by atoms with Gasteiger partial charge in [0.05, 0.1) is 12.1 Å². The summed E-state index contributed by atoms with van der Waals surface area (Å²) in [6, 6.07) is 3.65. The molecule has 1 fully saturated rings. The van der Waals surface area contributed by atoms with Crippen molar-refractivity contribution in [1.29, 1.82) is 0 Å². The summed E-state index contributed by atoms with van der Waals surface area (Å²) in [5.41, 5.74) is -0.0137. The van der Waals surface area contributed by atoms with Crippen LogP contribution < -0.4 is 5.32 Å². The van der Waals surface area contributed by atoms with E-state index in [0.717, 1.165) is 31.0 Å². The van der Waals surface area contributed by atoms with E-state index >= 15 is 0 Å². The third kappa shape index (κ3) is 2.38. The van der Waals surface area contributed by atoms with Crippen LogP contribution in [0.4, 0.5) is 8.78 Å². The molecule has 1 aromatic carbocycles. The second-order valence-corrected chi connectivity index (χ2v) is 4.28. The van der Waals surface area contributed by atoms with Gasteiger partial charge in [0.25, 0.3) is 5.89 Å². The van der Waals surface area contributed by atoms with E-state index in [-0.39, 0.29) is 11.5 Å². The number of benzene rings is 1. The van der Waals surface area contributed by atoms with Crippen LogP contribution in [0.15, 0.2) is 22.6 Å². The average Bonchev–Trinajstić information content (AvgIpc) is 3.08. The predicted molar refractivity (Wildman–Crippen MR) is 59.5 cm³/mol. The Balaban J connectivity index is 1.80.